The summed E-state index contributed by atoms with van der Waals surface area (Å²) in [6.07, 6.45) is 2.95. The second-order valence-electron chi connectivity index (χ2n) is 4.08. The first-order valence-corrected chi connectivity index (χ1v) is 6.03. The number of aromatic nitrogens is 1. The van der Waals surface area contributed by atoms with E-state index in [1.54, 1.807) is 23.5 Å². The molecule has 0 bridgehead atoms. The van der Waals surface area contributed by atoms with E-state index in [1.807, 2.05) is 6.20 Å². The molecule has 0 radical (unpaired) electrons. The zero-order valence-electron chi connectivity index (χ0n) is 8.56. The number of nitrogens with zero attached hydrogens (tertiary/aromatic N) is 1. The van der Waals surface area contributed by atoms with E-state index >= 15 is 0 Å². The highest BCUT2D eigenvalue weighted by atomic mass is 32.1. The lowest BCUT2D eigenvalue weighted by Gasteiger charge is -1.94. The quantitative estimate of drug-likeness (QED) is 0.867. The summed E-state index contributed by atoms with van der Waals surface area (Å²) >= 11 is 1.65. The molecular formula is C12H11FN2S. The summed E-state index contributed by atoms with van der Waals surface area (Å²) in [5.74, 6) is 0.274. The van der Waals surface area contributed by atoms with Crippen molar-refractivity contribution < 1.29 is 4.39 Å². The van der Waals surface area contributed by atoms with Crippen molar-refractivity contribution in [1.82, 2.24) is 4.98 Å². The zero-order chi connectivity index (χ0) is 11.1. The van der Waals surface area contributed by atoms with Gasteiger partial charge in [0.05, 0.1) is 0 Å². The molecule has 0 amide bonds. The molecule has 2 atom stereocenters. The lowest BCUT2D eigenvalue weighted by Crippen LogP contribution is -1.99. The van der Waals surface area contributed by atoms with Crippen LogP contribution in [0.25, 0.3) is 10.6 Å². The van der Waals surface area contributed by atoms with E-state index in [-0.39, 0.29) is 5.82 Å². The molecule has 1 heterocycles. The first kappa shape index (κ1) is 9.93. The topological polar surface area (TPSA) is 38.9 Å². The van der Waals surface area contributed by atoms with Gasteiger partial charge in [-0.15, -0.1) is 11.3 Å². The van der Waals surface area contributed by atoms with Crippen LogP contribution in [0.5, 0.6) is 0 Å². The number of benzene rings is 1. The monoisotopic (exact) mass is 234 g/mol. The predicted molar refractivity (Wildman–Crippen MR) is 62.8 cm³/mol. The third-order valence-electron chi connectivity index (χ3n) is 2.82. The Bertz CT molecular complexity index is 506. The van der Waals surface area contributed by atoms with Gasteiger partial charge in [-0.2, -0.15) is 0 Å². The van der Waals surface area contributed by atoms with Gasteiger partial charge in [0.25, 0.3) is 0 Å². The highest BCUT2D eigenvalue weighted by Gasteiger charge is 2.36. The van der Waals surface area contributed by atoms with Crippen molar-refractivity contribution in [1.29, 1.82) is 0 Å². The molecule has 2 unspecified atom stereocenters. The molecule has 1 aliphatic carbocycles. The molecule has 0 aliphatic heterocycles. The van der Waals surface area contributed by atoms with Crippen molar-refractivity contribution in [2.75, 3.05) is 0 Å². The minimum atomic E-state index is -0.218. The van der Waals surface area contributed by atoms with E-state index in [0.717, 1.165) is 17.0 Å². The Morgan fingerprint density at radius 1 is 1.31 bits per heavy atom. The molecule has 2 nitrogen and oxygen atoms in total. The van der Waals surface area contributed by atoms with Gasteiger partial charge in [0, 0.05) is 28.6 Å². The summed E-state index contributed by atoms with van der Waals surface area (Å²) < 4.78 is 12.8. The van der Waals surface area contributed by atoms with Crippen LogP contribution in [0.15, 0.2) is 30.5 Å². The molecule has 4 heteroatoms. The average molecular weight is 234 g/mol. The minimum absolute atomic E-state index is 0.218. The third-order valence-corrected chi connectivity index (χ3v) is 4.00. The fourth-order valence-corrected chi connectivity index (χ4v) is 2.84. The molecule has 82 valence electrons. The van der Waals surface area contributed by atoms with Gasteiger partial charge < -0.3 is 5.73 Å². The van der Waals surface area contributed by atoms with Gasteiger partial charge in [-0.3, -0.25) is 0 Å². The maximum Gasteiger partial charge on any atom is 0.123 e. The first-order valence-electron chi connectivity index (χ1n) is 5.21. The second-order valence-corrected chi connectivity index (χ2v) is 5.14. The normalized spacial score (nSPS) is 23.4. The van der Waals surface area contributed by atoms with Gasteiger partial charge in [0.1, 0.15) is 10.8 Å². The average Bonchev–Trinajstić information content (AvgIpc) is 2.82. The number of rotatable bonds is 2. The van der Waals surface area contributed by atoms with Crippen molar-refractivity contribution in [3.63, 3.8) is 0 Å². The Balaban J connectivity index is 1.89. The maximum absolute atomic E-state index is 12.8. The fraction of sp³-hybridized carbons (Fsp3) is 0.250. The minimum Gasteiger partial charge on any atom is -0.327 e. The van der Waals surface area contributed by atoms with Gasteiger partial charge in [0.2, 0.25) is 0 Å². The van der Waals surface area contributed by atoms with Crippen LogP contribution in [0.1, 0.15) is 17.2 Å². The van der Waals surface area contributed by atoms with Crippen molar-refractivity contribution in [3.8, 4) is 10.6 Å². The number of thiazole rings is 1. The number of hydrogen-bond donors (Lipinski definition) is 1. The van der Waals surface area contributed by atoms with Crippen molar-refractivity contribution >= 4 is 11.3 Å². The molecule has 1 aliphatic rings. The van der Waals surface area contributed by atoms with Crippen LogP contribution in [0.3, 0.4) is 0 Å². The van der Waals surface area contributed by atoms with Gasteiger partial charge in [-0.1, -0.05) is 0 Å². The molecule has 1 fully saturated rings. The summed E-state index contributed by atoms with van der Waals surface area (Å²) in [5.41, 5.74) is 6.76. The van der Waals surface area contributed by atoms with Gasteiger partial charge in [0.15, 0.2) is 0 Å². The summed E-state index contributed by atoms with van der Waals surface area (Å²) in [4.78, 5) is 5.59. The van der Waals surface area contributed by atoms with E-state index < -0.39 is 0 Å². The van der Waals surface area contributed by atoms with E-state index in [0.29, 0.717) is 12.0 Å². The lowest BCUT2D eigenvalue weighted by atomic mass is 10.2. The molecule has 1 aromatic carbocycles. The molecule has 0 spiro atoms. The molecule has 3 rings (SSSR count). The number of hydrogen-bond acceptors (Lipinski definition) is 3. The third kappa shape index (κ3) is 1.74. The van der Waals surface area contributed by atoms with E-state index in [2.05, 4.69) is 4.98 Å². The molecule has 16 heavy (non-hydrogen) atoms. The summed E-state index contributed by atoms with van der Waals surface area (Å²) in [5, 5.41) is 0.939. The molecule has 2 aromatic rings. The fourth-order valence-electron chi connectivity index (χ4n) is 1.73. The zero-order valence-corrected chi connectivity index (χ0v) is 9.38. The molecule has 2 N–H and O–H groups in total. The van der Waals surface area contributed by atoms with Gasteiger partial charge in [-0.05, 0) is 30.7 Å². The molecule has 1 aromatic heterocycles. The summed E-state index contributed by atoms with van der Waals surface area (Å²) in [6, 6.07) is 6.73. The van der Waals surface area contributed by atoms with E-state index in [9.17, 15) is 4.39 Å². The Kier molecular flexibility index (Phi) is 2.26. The van der Waals surface area contributed by atoms with Crippen LogP contribution in [0.2, 0.25) is 0 Å². The van der Waals surface area contributed by atoms with Crippen LogP contribution in [-0.2, 0) is 0 Å². The van der Waals surface area contributed by atoms with Crippen LogP contribution in [0, 0.1) is 5.82 Å². The summed E-state index contributed by atoms with van der Waals surface area (Å²) in [7, 11) is 0. The van der Waals surface area contributed by atoms with Gasteiger partial charge >= 0.3 is 0 Å². The number of halogens is 1. The van der Waals surface area contributed by atoms with Crippen LogP contribution < -0.4 is 5.73 Å². The van der Waals surface area contributed by atoms with Gasteiger partial charge in [-0.25, -0.2) is 9.37 Å². The molecule has 1 saturated carbocycles. The Morgan fingerprint density at radius 2 is 2.00 bits per heavy atom. The maximum atomic E-state index is 12.8. The van der Waals surface area contributed by atoms with Crippen molar-refractivity contribution in [2.45, 2.75) is 18.4 Å². The lowest BCUT2D eigenvalue weighted by molar-refractivity contribution is 0.628. The summed E-state index contributed by atoms with van der Waals surface area (Å²) in [6.45, 7) is 0. The van der Waals surface area contributed by atoms with E-state index in [1.165, 1.54) is 17.0 Å². The first-order chi connectivity index (χ1) is 7.74. The molecular weight excluding hydrogens is 223 g/mol. The smallest absolute Gasteiger partial charge is 0.123 e. The Hall–Kier alpha value is -1.26. The van der Waals surface area contributed by atoms with Crippen LogP contribution in [-0.4, -0.2) is 11.0 Å². The number of nitrogens with two attached hydrogens (primary N) is 1. The van der Waals surface area contributed by atoms with Crippen LogP contribution >= 0.6 is 11.3 Å². The second kappa shape index (κ2) is 3.64. The van der Waals surface area contributed by atoms with E-state index in [4.69, 9.17) is 5.73 Å². The Labute approximate surface area is 96.9 Å². The van der Waals surface area contributed by atoms with Crippen molar-refractivity contribution in [3.05, 3.63) is 41.2 Å². The standard InChI is InChI=1S/C12H11FN2S/c13-8-3-1-7(2-4-8)12-15-6-11(16-12)9-5-10(9)14/h1-4,6,9-10H,5,14H2. The van der Waals surface area contributed by atoms with Crippen molar-refractivity contribution in [2.24, 2.45) is 5.73 Å². The molecule has 0 saturated heterocycles. The predicted octanol–water partition coefficient (Wildman–Crippen LogP) is 2.76. The largest absolute Gasteiger partial charge is 0.327 e. The SMILES string of the molecule is NC1CC1c1cnc(-c2ccc(F)cc2)s1. The highest BCUT2D eigenvalue weighted by molar-refractivity contribution is 7.15. The highest BCUT2D eigenvalue weighted by Crippen LogP contribution is 2.43. The Morgan fingerprint density at radius 3 is 2.62 bits per heavy atom. The van der Waals surface area contributed by atoms with Crippen LogP contribution in [0.4, 0.5) is 4.39 Å².